The first-order valence-corrected chi connectivity index (χ1v) is 7.32. The Labute approximate surface area is 116 Å². The van der Waals surface area contributed by atoms with Crippen LogP contribution in [0, 0.1) is 0 Å². The SMILES string of the molecule is CCOC(=O)C(NS(=O)(=O)CC(=O)OC)C(=O)OCC. The molecule has 1 N–H and O–H groups in total. The van der Waals surface area contributed by atoms with Crippen LogP contribution in [-0.4, -0.2) is 58.4 Å². The summed E-state index contributed by atoms with van der Waals surface area (Å²) in [4.78, 5) is 34.0. The number of carbonyl (C=O) groups is 3. The molecule has 0 fully saturated rings. The number of methoxy groups -OCH3 is 1. The van der Waals surface area contributed by atoms with E-state index in [9.17, 15) is 22.8 Å². The molecule has 20 heavy (non-hydrogen) atoms. The van der Waals surface area contributed by atoms with Crippen molar-refractivity contribution in [1.29, 1.82) is 0 Å². The van der Waals surface area contributed by atoms with E-state index < -0.39 is 39.7 Å². The van der Waals surface area contributed by atoms with E-state index >= 15 is 0 Å². The van der Waals surface area contributed by atoms with E-state index in [2.05, 4.69) is 14.2 Å². The van der Waals surface area contributed by atoms with Gasteiger partial charge in [0.25, 0.3) is 0 Å². The Morgan fingerprint density at radius 1 is 1.05 bits per heavy atom. The van der Waals surface area contributed by atoms with Gasteiger partial charge in [-0.1, -0.05) is 0 Å². The molecule has 0 aliphatic rings. The highest BCUT2D eigenvalue weighted by Gasteiger charge is 2.34. The van der Waals surface area contributed by atoms with Crippen molar-refractivity contribution in [3.63, 3.8) is 0 Å². The third-order valence-electron chi connectivity index (χ3n) is 1.88. The number of carbonyl (C=O) groups excluding carboxylic acids is 3. The number of hydrogen-bond donors (Lipinski definition) is 1. The lowest BCUT2D eigenvalue weighted by Gasteiger charge is -2.15. The molecule has 0 bridgehead atoms. The average molecular weight is 311 g/mol. The molecular weight excluding hydrogens is 294 g/mol. The summed E-state index contributed by atoms with van der Waals surface area (Å²) in [5.41, 5.74) is 0. The maximum atomic E-state index is 11.6. The molecule has 0 aromatic rings. The zero-order valence-electron chi connectivity index (χ0n) is 11.4. The van der Waals surface area contributed by atoms with Gasteiger partial charge in [-0.25, -0.2) is 18.0 Å². The number of nitrogens with one attached hydrogen (secondary N) is 1. The van der Waals surface area contributed by atoms with Crippen LogP contribution in [0.4, 0.5) is 0 Å². The molecule has 0 heterocycles. The Morgan fingerprint density at radius 3 is 1.85 bits per heavy atom. The molecule has 116 valence electrons. The van der Waals surface area contributed by atoms with E-state index in [0.717, 1.165) is 7.11 Å². The summed E-state index contributed by atoms with van der Waals surface area (Å²) in [5.74, 6) is -4.29. The van der Waals surface area contributed by atoms with Crippen molar-refractivity contribution in [1.82, 2.24) is 4.72 Å². The first-order chi connectivity index (χ1) is 9.27. The van der Waals surface area contributed by atoms with E-state index in [1.54, 1.807) is 4.72 Å². The summed E-state index contributed by atoms with van der Waals surface area (Å²) in [6.45, 7) is 2.88. The maximum Gasteiger partial charge on any atom is 0.335 e. The van der Waals surface area contributed by atoms with E-state index in [-0.39, 0.29) is 13.2 Å². The van der Waals surface area contributed by atoms with E-state index in [0.29, 0.717) is 0 Å². The zero-order valence-corrected chi connectivity index (χ0v) is 12.2. The first kappa shape index (κ1) is 18.3. The predicted molar refractivity (Wildman–Crippen MR) is 66.0 cm³/mol. The second-order valence-corrected chi connectivity index (χ2v) is 5.14. The molecule has 0 aliphatic heterocycles. The van der Waals surface area contributed by atoms with Gasteiger partial charge < -0.3 is 14.2 Å². The lowest BCUT2D eigenvalue weighted by Crippen LogP contribution is -2.49. The van der Waals surface area contributed by atoms with Crippen LogP contribution in [0.15, 0.2) is 0 Å². The number of rotatable bonds is 8. The second-order valence-electron chi connectivity index (χ2n) is 3.39. The topological polar surface area (TPSA) is 125 Å². The summed E-state index contributed by atoms with van der Waals surface area (Å²) in [6.07, 6.45) is 0. The van der Waals surface area contributed by atoms with Gasteiger partial charge in [-0.15, -0.1) is 0 Å². The maximum absolute atomic E-state index is 11.6. The van der Waals surface area contributed by atoms with Gasteiger partial charge >= 0.3 is 17.9 Å². The third kappa shape index (κ3) is 6.48. The molecule has 0 atom stereocenters. The van der Waals surface area contributed by atoms with Crippen LogP contribution in [0.1, 0.15) is 13.8 Å². The van der Waals surface area contributed by atoms with E-state index in [1.165, 1.54) is 13.8 Å². The van der Waals surface area contributed by atoms with Crippen LogP contribution >= 0.6 is 0 Å². The number of ether oxygens (including phenoxy) is 3. The Hall–Kier alpha value is -1.68. The molecule has 0 spiro atoms. The second kappa shape index (κ2) is 8.48. The normalized spacial score (nSPS) is 11.0. The monoisotopic (exact) mass is 311 g/mol. The van der Waals surface area contributed by atoms with Gasteiger partial charge in [0.1, 0.15) is 0 Å². The molecule has 0 radical (unpaired) electrons. The van der Waals surface area contributed by atoms with Crippen LogP contribution in [0.25, 0.3) is 0 Å². The largest absolute Gasteiger partial charge is 0.468 e. The van der Waals surface area contributed by atoms with E-state index in [1.807, 2.05) is 0 Å². The molecule has 0 aliphatic carbocycles. The van der Waals surface area contributed by atoms with E-state index in [4.69, 9.17) is 0 Å². The van der Waals surface area contributed by atoms with Gasteiger partial charge in [0.15, 0.2) is 5.75 Å². The number of sulfonamides is 1. The molecule has 0 rings (SSSR count). The van der Waals surface area contributed by atoms with Crippen molar-refractivity contribution in [3.8, 4) is 0 Å². The average Bonchev–Trinajstić information content (AvgIpc) is 2.35. The molecule has 0 saturated carbocycles. The molecule has 0 aromatic heterocycles. The summed E-state index contributed by atoms with van der Waals surface area (Å²) in [7, 11) is -3.24. The molecule has 9 nitrogen and oxygen atoms in total. The van der Waals surface area contributed by atoms with Crippen LogP contribution in [0.5, 0.6) is 0 Å². The van der Waals surface area contributed by atoms with Crippen LogP contribution in [-0.2, 0) is 38.6 Å². The lowest BCUT2D eigenvalue weighted by atomic mass is 10.3. The fourth-order valence-electron chi connectivity index (χ4n) is 1.08. The molecule has 0 amide bonds. The minimum absolute atomic E-state index is 0.0481. The predicted octanol–water partition coefficient (Wildman–Crippen LogP) is -1.43. The minimum Gasteiger partial charge on any atom is -0.468 e. The quantitative estimate of drug-likeness (QED) is 0.329. The molecule has 0 saturated heterocycles. The van der Waals surface area contributed by atoms with Gasteiger partial charge in [0.2, 0.25) is 16.1 Å². The highest BCUT2D eigenvalue weighted by atomic mass is 32.2. The van der Waals surface area contributed by atoms with Crippen molar-refractivity contribution >= 4 is 27.9 Å². The standard InChI is InChI=1S/C10H17NO8S/c1-4-18-9(13)8(10(14)19-5-2)11-20(15,16)6-7(12)17-3/h8,11H,4-6H2,1-3H3. The van der Waals surface area contributed by atoms with Gasteiger partial charge in [-0.3, -0.25) is 4.79 Å². The fourth-order valence-corrected chi connectivity index (χ4v) is 2.14. The van der Waals surface area contributed by atoms with Crippen molar-refractivity contribution < 1.29 is 37.0 Å². The Balaban J connectivity index is 5.01. The van der Waals surface area contributed by atoms with Gasteiger partial charge in [0, 0.05) is 0 Å². The summed E-state index contributed by atoms with van der Waals surface area (Å²) < 4.78 is 38.3. The smallest absolute Gasteiger partial charge is 0.335 e. The minimum atomic E-state index is -4.25. The van der Waals surface area contributed by atoms with Gasteiger partial charge in [-0.2, -0.15) is 4.72 Å². The highest BCUT2D eigenvalue weighted by molar-refractivity contribution is 7.90. The van der Waals surface area contributed by atoms with Crippen molar-refractivity contribution in [2.75, 3.05) is 26.1 Å². The summed E-state index contributed by atoms with van der Waals surface area (Å²) in [5, 5.41) is 0. The van der Waals surface area contributed by atoms with Crippen molar-refractivity contribution in [2.24, 2.45) is 0 Å². The zero-order chi connectivity index (χ0) is 15.8. The molecular formula is C10H17NO8S. The van der Waals surface area contributed by atoms with Gasteiger partial charge in [-0.05, 0) is 13.8 Å². The van der Waals surface area contributed by atoms with Crippen molar-refractivity contribution in [2.45, 2.75) is 19.9 Å². The Morgan fingerprint density at radius 2 is 1.50 bits per heavy atom. The highest BCUT2D eigenvalue weighted by Crippen LogP contribution is 1.99. The van der Waals surface area contributed by atoms with Crippen molar-refractivity contribution in [3.05, 3.63) is 0 Å². The number of hydrogen-bond acceptors (Lipinski definition) is 8. The summed E-state index contributed by atoms with van der Waals surface area (Å²) in [6, 6.07) is -1.86. The Kier molecular flexibility index (Phi) is 7.77. The van der Waals surface area contributed by atoms with Gasteiger partial charge in [0.05, 0.1) is 20.3 Å². The van der Waals surface area contributed by atoms with Crippen LogP contribution < -0.4 is 4.72 Å². The number of esters is 3. The van der Waals surface area contributed by atoms with Crippen LogP contribution in [0.3, 0.4) is 0 Å². The molecule has 10 heteroatoms. The van der Waals surface area contributed by atoms with Crippen LogP contribution in [0.2, 0.25) is 0 Å². The molecule has 0 aromatic carbocycles. The first-order valence-electron chi connectivity index (χ1n) is 5.67. The lowest BCUT2D eigenvalue weighted by molar-refractivity contribution is -0.157. The molecule has 0 unspecified atom stereocenters. The third-order valence-corrected chi connectivity index (χ3v) is 3.09. The summed E-state index contributed by atoms with van der Waals surface area (Å²) >= 11 is 0. The Bertz CT molecular complexity index is 440. The fraction of sp³-hybridized carbons (Fsp3) is 0.700.